The van der Waals surface area contributed by atoms with Crippen molar-refractivity contribution in [2.75, 3.05) is 24.2 Å². The van der Waals surface area contributed by atoms with Gasteiger partial charge in [0, 0.05) is 19.2 Å². The van der Waals surface area contributed by atoms with E-state index in [1.165, 1.54) is 0 Å². The molecule has 0 saturated carbocycles. The Labute approximate surface area is 117 Å². The van der Waals surface area contributed by atoms with Crippen LogP contribution in [0.4, 0.5) is 5.82 Å². The molecule has 6 heteroatoms. The summed E-state index contributed by atoms with van der Waals surface area (Å²) < 4.78 is 0. The number of nitrogens with zero attached hydrogens (tertiary/aromatic N) is 3. The van der Waals surface area contributed by atoms with Crippen molar-refractivity contribution in [3.05, 3.63) is 12.4 Å². The number of thioether (sulfide) groups is 1. The highest BCUT2D eigenvalue weighted by Crippen LogP contribution is 2.35. The fraction of sp³-hybridized carbons (Fsp3) is 0.615. The van der Waals surface area contributed by atoms with E-state index in [0.29, 0.717) is 13.0 Å². The lowest BCUT2D eigenvalue weighted by Crippen LogP contribution is -2.47. The minimum atomic E-state index is -0.696. The van der Waals surface area contributed by atoms with Crippen molar-refractivity contribution in [2.24, 2.45) is 5.41 Å². The van der Waals surface area contributed by atoms with Gasteiger partial charge in [-0.15, -0.1) is 11.8 Å². The number of hydrogen-bond acceptors (Lipinski definition) is 5. The third-order valence-electron chi connectivity index (χ3n) is 3.87. The van der Waals surface area contributed by atoms with Gasteiger partial charge in [0.25, 0.3) is 0 Å². The van der Waals surface area contributed by atoms with E-state index in [4.69, 9.17) is 0 Å². The van der Waals surface area contributed by atoms with E-state index in [2.05, 4.69) is 14.9 Å². The summed E-state index contributed by atoms with van der Waals surface area (Å²) >= 11 is 1.56. The van der Waals surface area contributed by atoms with Crippen LogP contribution in [0.5, 0.6) is 0 Å². The SMILES string of the molecule is CCC1(C(=O)O)CCCN(c2cc(SC)ncn2)C1. The molecule has 0 aliphatic carbocycles. The standard InChI is InChI=1S/C13H19N3O2S/c1-3-13(12(17)18)5-4-6-16(8-13)10-7-11(19-2)15-9-14-10/h7,9H,3-6,8H2,1-2H3,(H,17,18). The van der Waals surface area contributed by atoms with Gasteiger partial charge in [0.2, 0.25) is 0 Å². The van der Waals surface area contributed by atoms with Gasteiger partial charge in [0.15, 0.2) is 0 Å². The molecule has 1 fully saturated rings. The van der Waals surface area contributed by atoms with Crippen LogP contribution in [0.3, 0.4) is 0 Å². The summed E-state index contributed by atoms with van der Waals surface area (Å²) in [5, 5.41) is 10.4. The molecular weight excluding hydrogens is 262 g/mol. The average Bonchev–Trinajstić information content (AvgIpc) is 2.47. The molecule has 0 amide bonds. The first-order chi connectivity index (χ1) is 9.11. The smallest absolute Gasteiger partial charge is 0.311 e. The summed E-state index contributed by atoms with van der Waals surface area (Å²) in [5.41, 5.74) is -0.636. The first kappa shape index (κ1) is 14.1. The molecule has 1 unspecified atom stereocenters. The predicted molar refractivity (Wildman–Crippen MR) is 75.6 cm³/mol. The van der Waals surface area contributed by atoms with E-state index in [9.17, 15) is 9.90 Å². The number of piperidine rings is 1. The Hall–Kier alpha value is -1.30. The molecule has 2 rings (SSSR count). The van der Waals surface area contributed by atoms with Gasteiger partial charge >= 0.3 is 5.97 Å². The molecule has 0 radical (unpaired) electrons. The summed E-state index contributed by atoms with van der Waals surface area (Å²) in [6.45, 7) is 3.34. The third kappa shape index (κ3) is 2.83. The predicted octanol–water partition coefficient (Wildman–Crippen LogP) is 2.28. The zero-order chi connectivity index (χ0) is 13.9. The van der Waals surface area contributed by atoms with Crippen LogP contribution in [-0.2, 0) is 4.79 Å². The number of aliphatic carboxylic acids is 1. The molecule has 5 nitrogen and oxygen atoms in total. The second-order valence-corrected chi connectivity index (χ2v) is 5.71. The average molecular weight is 281 g/mol. The first-order valence-electron chi connectivity index (χ1n) is 6.45. The second kappa shape index (κ2) is 5.77. The van der Waals surface area contributed by atoms with Crippen molar-refractivity contribution in [2.45, 2.75) is 31.2 Å². The van der Waals surface area contributed by atoms with Crippen LogP contribution in [0.2, 0.25) is 0 Å². The molecule has 1 atom stereocenters. The number of aromatic nitrogens is 2. The van der Waals surface area contributed by atoms with Crippen molar-refractivity contribution in [1.82, 2.24) is 9.97 Å². The van der Waals surface area contributed by atoms with Crippen molar-refractivity contribution in [1.29, 1.82) is 0 Å². The molecule has 1 aliphatic heterocycles. The fourth-order valence-electron chi connectivity index (χ4n) is 2.56. The van der Waals surface area contributed by atoms with Crippen LogP contribution in [0.15, 0.2) is 17.4 Å². The lowest BCUT2D eigenvalue weighted by Gasteiger charge is -2.40. The quantitative estimate of drug-likeness (QED) is 0.674. The number of rotatable bonds is 4. The van der Waals surface area contributed by atoms with E-state index in [1.54, 1.807) is 18.1 Å². The zero-order valence-electron chi connectivity index (χ0n) is 11.3. The Kier molecular flexibility index (Phi) is 4.29. The van der Waals surface area contributed by atoms with Crippen LogP contribution in [0, 0.1) is 5.41 Å². The maximum atomic E-state index is 11.5. The Morgan fingerprint density at radius 1 is 1.58 bits per heavy atom. The van der Waals surface area contributed by atoms with Crippen molar-refractivity contribution < 1.29 is 9.90 Å². The van der Waals surface area contributed by atoms with E-state index in [0.717, 1.165) is 30.2 Å². The molecule has 1 aromatic heterocycles. The van der Waals surface area contributed by atoms with E-state index in [1.807, 2.05) is 19.2 Å². The van der Waals surface area contributed by atoms with Crippen LogP contribution in [-0.4, -0.2) is 40.4 Å². The molecule has 1 N–H and O–H groups in total. The minimum Gasteiger partial charge on any atom is -0.481 e. The van der Waals surface area contributed by atoms with Gasteiger partial charge in [-0.2, -0.15) is 0 Å². The van der Waals surface area contributed by atoms with Gasteiger partial charge in [0.1, 0.15) is 17.2 Å². The van der Waals surface area contributed by atoms with Crippen molar-refractivity contribution in [3.8, 4) is 0 Å². The summed E-state index contributed by atoms with van der Waals surface area (Å²) in [6.07, 6.45) is 5.80. The molecule has 1 aliphatic rings. The van der Waals surface area contributed by atoms with E-state index < -0.39 is 11.4 Å². The highest BCUT2D eigenvalue weighted by molar-refractivity contribution is 7.98. The topological polar surface area (TPSA) is 66.3 Å². The Balaban J connectivity index is 2.23. The normalized spacial score (nSPS) is 23.4. The molecule has 1 saturated heterocycles. The zero-order valence-corrected chi connectivity index (χ0v) is 12.1. The van der Waals surface area contributed by atoms with E-state index >= 15 is 0 Å². The number of carboxylic acids is 1. The van der Waals surface area contributed by atoms with Crippen LogP contribution in [0.25, 0.3) is 0 Å². The lowest BCUT2D eigenvalue weighted by molar-refractivity contribution is -0.149. The summed E-state index contributed by atoms with van der Waals surface area (Å²) in [7, 11) is 0. The molecule has 1 aromatic rings. The highest BCUT2D eigenvalue weighted by Gasteiger charge is 2.41. The lowest BCUT2D eigenvalue weighted by atomic mass is 9.77. The minimum absolute atomic E-state index is 0.531. The monoisotopic (exact) mass is 281 g/mol. The summed E-state index contributed by atoms with van der Waals surface area (Å²) in [5.74, 6) is 0.136. The molecule has 0 aromatic carbocycles. The van der Waals surface area contributed by atoms with Crippen molar-refractivity contribution >= 4 is 23.5 Å². The first-order valence-corrected chi connectivity index (χ1v) is 7.68. The molecular formula is C13H19N3O2S. The summed E-state index contributed by atoms with van der Waals surface area (Å²) in [6, 6.07) is 1.93. The Morgan fingerprint density at radius 3 is 3.00 bits per heavy atom. The van der Waals surface area contributed by atoms with Crippen molar-refractivity contribution in [3.63, 3.8) is 0 Å². The van der Waals surface area contributed by atoms with E-state index in [-0.39, 0.29) is 0 Å². The van der Waals surface area contributed by atoms with Gasteiger partial charge in [0.05, 0.1) is 5.41 Å². The molecule has 0 spiro atoms. The number of hydrogen-bond donors (Lipinski definition) is 1. The van der Waals surface area contributed by atoms with Gasteiger partial charge in [-0.05, 0) is 25.5 Å². The third-order valence-corrected chi connectivity index (χ3v) is 4.51. The Bertz CT molecular complexity index is 469. The molecule has 2 heterocycles. The fourth-order valence-corrected chi connectivity index (χ4v) is 2.93. The van der Waals surface area contributed by atoms with Gasteiger partial charge in [-0.3, -0.25) is 4.79 Å². The van der Waals surface area contributed by atoms with Gasteiger partial charge in [-0.1, -0.05) is 6.92 Å². The largest absolute Gasteiger partial charge is 0.481 e. The highest BCUT2D eigenvalue weighted by atomic mass is 32.2. The second-order valence-electron chi connectivity index (χ2n) is 4.88. The van der Waals surface area contributed by atoms with Crippen LogP contribution < -0.4 is 4.90 Å². The molecule has 104 valence electrons. The van der Waals surface area contributed by atoms with Crippen LogP contribution >= 0.6 is 11.8 Å². The van der Waals surface area contributed by atoms with Crippen LogP contribution in [0.1, 0.15) is 26.2 Å². The number of carboxylic acid groups (broad SMARTS) is 1. The number of carbonyl (C=O) groups is 1. The van der Waals surface area contributed by atoms with Gasteiger partial charge < -0.3 is 10.0 Å². The summed E-state index contributed by atoms with van der Waals surface area (Å²) in [4.78, 5) is 22.0. The Morgan fingerprint density at radius 2 is 2.37 bits per heavy atom. The molecule has 0 bridgehead atoms. The maximum Gasteiger partial charge on any atom is 0.311 e. The molecule has 19 heavy (non-hydrogen) atoms. The van der Waals surface area contributed by atoms with Gasteiger partial charge in [-0.25, -0.2) is 9.97 Å². The maximum absolute atomic E-state index is 11.5. The number of anilines is 1.